The molecule has 0 aliphatic heterocycles. The van der Waals surface area contributed by atoms with Crippen LogP contribution in [0.5, 0.6) is 0 Å². The van der Waals surface area contributed by atoms with Gasteiger partial charge in [0.05, 0.1) is 5.54 Å². The molecule has 0 atom stereocenters. The molecule has 8 heavy (non-hydrogen) atoms. The number of nitrogens with one attached hydrogen (secondary N) is 1. The molecule has 0 heterocycles. The molecule has 0 aromatic carbocycles. The van der Waals surface area contributed by atoms with Crippen molar-refractivity contribution in [3.63, 3.8) is 0 Å². The minimum Gasteiger partial charge on any atom is -0.256 e. The SMILES string of the molecule is C=C(S)C(C)(C)NS. The molecule has 1 N–H and O–H groups in total. The third-order valence-electron chi connectivity index (χ3n) is 1.00. The van der Waals surface area contributed by atoms with E-state index in [4.69, 9.17) is 0 Å². The summed E-state index contributed by atoms with van der Waals surface area (Å²) in [5.41, 5.74) is -0.174. The van der Waals surface area contributed by atoms with Crippen molar-refractivity contribution in [2.45, 2.75) is 19.4 Å². The molecule has 0 rings (SSSR count). The minimum atomic E-state index is -0.174. The maximum atomic E-state index is 4.05. The van der Waals surface area contributed by atoms with Gasteiger partial charge in [0.1, 0.15) is 0 Å². The molecule has 0 fully saturated rings. The summed E-state index contributed by atoms with van der Waals surface area (Å²) in [5, 5.41) is 0. The lowest BCUT2D eigenvalue weighted by atomic mass is 10.1. The fourth-order valence-corrected chi connectivity index (χ4v) is 0.344. The predicted octanol–water partition coefficient (Wildman–Crippen LogP) is 1.64. The zero-order chi connectivity index (χ0) is 6.78. The highest BCUT2D eigenvalue weighted by molar-refractivity contribution is 7.84. The van der Waals surface area contributed by atoms with E-state index in [-0.39, 0.29) is 5.54 Å². The van der Waals surface area contributed by atoms with Gasteiger partial charge in [-0.15, -0.1) is 12.6 Å². The molecule has 0 unspecified atom stereocenters. The second kappa shape index (κ2) is 2.80. The van der Waals surface area contributed by atoms with E-state index >= 15 is 0 Å². The molecule has 1 nitrogen and oxygen atoms in total. The molecular weight excluding hydrogens is 138 g/mol. The average Bonchev–Trinajstić information content (AvgIpc) is 1.67. The van der Waals surface area contributed by atoms with Crippen molar-refractivity contribution in [2.75, 3.05) is 0 Å². The van der Waals surface area contributed by atoms with Crippen LogP contribution in [0.3, 0.4) is 0 Å². The molecule has 0 amide bonds. The molecule has 0 saturated heterocycles. The topological polar surface area (TPSA) is 12.0 Å². The predicted molar refractivity (Wildman–Crippen MR) is 44.3 cm³/mol. The van der Waals surface area contributed by atoms with E-state index in [0.717, 1.165) is 4.91 Å². The first-order chi connectivity index (χ1) is 3.50. The van der Waals surface area contributed by atoms with Crippen molar-refractivity contribution in [1.29, 1.82) is 0 Å². The van der Waals surface area contributed by atoms with Gasteiger partial charge in [-0.25, -0.2) is 0 Å². The van der Waals surface area contributed by atoms with E-state index in [1.165, 1.54) is 0 Å². The van der Waals surface area contributed by atoms with Gasteiger partial charge in [-0.3, -0.25) is 4.72 Å². The minimum absolute atomic E-state index is 0.174. The first-order valence-electron chi connectivity index (χ1n) is 2.30. The Kier molecular flexibility index (Phi) is 2.94. The van der Waals surface area contributed by atoms with Crippen LogP contribution in [0, 0.1) is 0 Å². The molecule has 0 aromatic rings. The van der Waals surface area contributed by atoms with E-state index in [9.17, 15) is 0 Å². The summed E-state index contributed by atoms with van der Waals surface area (Å²) >= 11 is 7.93. The van der Waals surface area contributed by atoms with Gasteiger partial charge >= 0.3 is 0 Å². The largest absolute Gasteiger partial charge is 0.256 e. The Bertz CT molecular complexity index is 98.6. The van der Waals surface area contributed by atoms with E-state index in [1.807, 2.05) is 13.8 Å². The van der Waals surface area contributed by atoms with Gasteiger partial charge in [-0.2, -0.15) is 0 Å². The maximum Gasteiger partial charge on any atom is 0.0523 e. The van der Waals surface area contributed by atoms with Gasteiger partial charge in [0.15, 0.2) is 0 Å². The van der Waals surface area contributed by atoms with Crippen LogP contribution in [-0.2, 0) is 0 Å². The van der Waals surface area contributed by atoms with Crippen LogP contribution in [0.15, 0.2) is 11.5 Å². The van der Waals surface area contributed by atoms with Crippen LogP contribution in [-0.4, -0.2) is 5.54 Å². The highest BCUT2D eigenvalue weighted by atomic mass is 32.1. The van der Waals surface area contributed by atoms with Gasteiger partial charge in [0.25, 0.3) is 0 Å². The van der Waals surface area contributed by atoms with Crippen LogP contribution < -0.4 is 4.72 Å². The van der Waals surface area contributed by atoms with Crippen LogP contribution in [0.1, 0.15) is 13.8 Å². The summed E-state index contributed by atoms with van der Waals surface area (Å²) in [5.74, 6) is 0. The Labute approximate surface area is 61.5 Å². The van der Waals surface area contributed by atoms with Crippen molar-refractivity contribution in [1.82, 2.24) is 4.72 Å². The molecular formula is C5H11NS2. The van der Waals surface area contributed by atoms with Gasteiger partial charge in [0, 0.05) is 0 Å². The normalized spacial score (nSPS) is 11.5. The molecule has 0 bridgehead atoms. The highest BCUT2D eigenvalue weighted by Gasteiger charge is 2.15. The number of hydrogen-bond acceptors (Lipinski definition) is 3. The van der Waals surface area contributed by atoms with Crippen molar-refractivity contribution in [3.8, 4) is 0 Å². The monoisotopic (exact) mass is 149 g/mol. The molecule has 0 spiro atoms. The van der Waals surface area contributed by atoms with Gasteiger partial charge in [-0.1, -0.05) is 19.4 Å². The Balaban J connectivity index is 3.91. The fourth-order valence-electron chi connectivity index (χ4n) is 0.0645. The number of hydrogen-bond donors (Lipinski definition) is 3. The zero-order valence-electron chi connectivity index (χ0n) is 5.10. The maximum absolute atomic E-state index is 4.05. The third-order valence-corrected chi connectivity index (χ3v) is 2.12. The van der Waals surface area contributed by atoms with Crippen molar-refractivity contribution in [2.24, 2.45) is 0 Å². The summed E-state index contributed by atoms with van der Waals surface area (Å²) in [4.78, 5) is 0.785. The van der Waals surface area contributed by atoms with Crippen molar-refractivity contribution >= 4 is 25.4 Å². The lowest BCUT2D eigenvalue weighted by Gasteiger charge is -2.21. The third kappa shape index (κ3) is 2.11. The van der Waals surface area contributed by atoms with Crippen LogP contribution in [0.2, 0.25) is 0 Å². The lowest BCUT2D eigenvalue weighted by Crippen LogP contribution is -2.32. The highest BCUT2D eigenvalue weighted by Crippen LogP contribution is 2.16. The first-order valence-corrected chi connectivity index (χ1v) is 3.20. The molecule has 0 aliphatic rings. The smallest absolute Gasteiger partial charge is 0.0523 e. The van der Waals surface area contributed by atoms with Crippen LogP contribution in [0.25, 0.3) is 0 Å². The van der Waals surface area contributed by atoms with Crippen LogP contribution in [0.4, 0.5) is 0 Å². The molecule has 48 valence electrons. The summed E-state index contributed by atoms with van der Waals surface area (Å²) in [7, 11) is 0. The molecule has 0 aromatic heterocycles. The lowest BCUT2D eigenvalue weighted by molar-refractivity contribution is 0.600. The summed E-state index contributed by atoms with van der Waals surface area (Å²) in [6.07, 6.45) is 0. The van der Waals surface area contributed by atoms with Gasteiger partial charge in [-0.05, 0) is 18.8 Å². The molecule has 0 saturated carbocycles. The first kappa shape index (κ1) is 8.40. The Hall–Kier alpha value is 0.400. The second-order valence-corrected chi connectivity index (χ2v) is 2.95. The standard InChI is InChI=1S/C5H11NS2/c1-4(7)5(2,3)6-8/h6-8H,1H2,2-3H3. The van der Waals surface area contributed by atoms with Gasteiger partial charge < -0.3 is 0 Å². The van der Waals surface area contributed by atoms with E-state index < -0.39 is 0 Å². The average molecular weight is 149 g/mol. The molecule has 3 heteroatoms. The Morgan fingerprint density at radius 3 is 2.00 bits per heavy atom. The van der Waals surface area contributed by atoms with Crippen molar-refractivity contribution < 1.29 is 0 Å². The van der Waals surface area contributed by atoms with Gasteiger partial charge in [0.2, 0.25) is 0 Å². The molecule has 0 radical (unpaired) electrons. The summed E-state index contributed by atoms with van der Waals surface area (Å²) < 4.78 is 2.76. The summed E-state index contributed by atoms with van der Waals surface area (Å²) in [6.45, 7) is 7.56. The van der Waals surface area contributed by atoms with Crippen LogP contribution >= 0.6 is 25.4 Å². The fraction of sp³-hybridized carbons (Fsp3) is 0.600. The number of thiol groups is 2. The quantitative estimate of drug-likeness (QED) is 0.507. The van der Waals surface area contributed by atoms with E-state index in [2.05, 4.69) is 36.7 Å². The Morgan fingerprint density at radius 2 is 2.00 bits per heavy atom. The van der Waals surface area contributed by atoms with E-state index in [1.54, 1.807) is 0 Å². The number of rotatable bonds is 2. The zero-order valence-corrected chi connectivity index (χ0v) is 6.89. The summed E-state index contributed by atoms with van der Waals surface area (Å²) in [6, 6.07) is 0. The molecule has 0 aliphatic carbocycles. The van der Waals surface area contributed by atoms with E-state index in [0.29, 0.717) is 0 Å². The Morgan fingerprint density at radius 1 is 1.62 bits per heavy atom. The second-order valence-electron chi connectivity index (χ2n) is 2.18. The van der Waals surface area contributed by atoms with Crippen molar-refractivity contribution in [3.05, 3.63) is 11.5 Å².